The van der Waals surface area contributed by atoms with Gasteiger partial charge < -0.3 is 10.2 Å². The maximum absolute atomic E-state index is 11.3. The van der Waals surface area contributed by atoms with Gasteiger partial charge in [-0.2, -0.15) is 0 Å². The molecule has 0 aliphatic carbocycles. The maximum Gasteiger partial charge on any atom is 0.175 e. The summed E-state index contributed by atoms with van der Waals surface area (Å²) in [5.41, 5.74) is 1.09. The Morgan fingerprint density at radius 3 is 2.47 bits per heavy atom. The molecule has 1 unspecified atom stereocenters. The molecular formula is C12H18N2O2S. The van der Waals surface area contributed by atoms with Gasteiger partial charge in [0.1, 0.15) is 0 Å². The lowest BCUT2D eigenvalue weighted by molar-refractivity contribution is 0.485. The summed E-state index contributed by atoms with van der Waals surface area (Å²) < 4.78 is 22.7. The van der Waals surface area contributed by atoms with Crippen LogP contribution in [0.4, 0.5) is 5.69 Å². The summed E-state index contributed by atoms with van der Waals surface area (Å²) in [5.74, 6) is 0. The first-order valence-electron chi connectivity index (χ1n) is 5.75. The minimum Gasteiger partial charge on any atom is -0.369 e. The van der Waals surface area contributed by atoms with Crippen LogP contribution in [0, 0.1) is 0 Å². The molecule has 0 radical (unpaired) electrons. The monoisotopic (exact) mass is 254 g/mol. The van der Waals surface area contributed by atoms with Crippen molar-refractivity contribution in [1.82, 2.24) is 5.32 Å². The molecule has 1 atom stereocenters. The van der Waals surface area contributed by atoms with Gasteiger partial charge in [0.15, 0.2) is 9.84 Å². The van der Waals surface area contributed by atoms with Crippen LogP contribution in [-0.2, 0) is 9.84 Å². The van der Waals surface area contributed by atoms with E-state index in [0.717, 1.165) is 25.3 Å². The van der Waals surface area contributed by atoms with Crippen molar-refractivity contribution in [3.05, 3.63) is 24.3 Å². The highest BCUT2D eigenvalue weighted by atomic mass is 32.2. The zero-order chi connectivity index (χ0) is 12.5. The largest absolute Gasteiger partial charge is 0.369 e. The van der Waals surface area contributed by atoms with Crippen LogP contribution in [-0.4, -0.2) is 40.3 Å². The van der Waals surface area contributed by atoms with Gasteiger partial charge in [0, 0.05) is 37.6 Å². The number of hydrogen-bond donors (Lipinski definition) is 1. The second-order valence-electron chi connectivity index (χ2n) is 4.57. The van der Waals surface area contributed by atoms with E-state index in [1.165, 1.54) is 6.26 Å². The minimum atomic E-state index is -3.09. The number of sulfone groups is 1. The molecular weight excluding hydrogens is 236 g/mol. The average Bonchev–Trinajstić information content (AvgIpc) is 2.28. The Labute approximate surface area is 103 Å². The molecule has 4 nitrogen and oxygen atoms in total. The van der Waals surface area contributed by atoms with Crippen LogP contribution in [0.2, 0.25) is 0 Å². The zero-order valence-corrected chi connectivity index (χ0v) is 11.0. The SMILES string of the molecule is CC1CN(c2ccc(S(C)(=O)=O)cc2)CCN1. The van der Waals surface area contributed by atoms with Gasteiger partial charge in [0.05, 0.1) is 4.90 Å². The second-order valence-corrected chi connectivity index (χ2v) is 6.58. The molecule has 1 fully saturated rings. The third-order valence-electron chi connectivity index (χ3n) is 3.00. The summed E-state index contributed by atoms with van der Waals surface area (Å²) in [5, 5.41) is 3.38. The molecule has 2 rings (SSSR count). The van der Waals surface area contributed by atoms with E-state index in [1.54, 1.807) is 12.1 Å². The Balaban J connectivity index is 2.18. The van der Waals surface area contributed by atoms with Gasteiger partial charge in [-0.1, -0.05) is 0 Å². The fourth-order valence-electron chi connectivity index (χ4n) is 2.07. The molecule has 1 N–H and O–H groups in total. The predicted molar refractivity (Wildman–Crippen MR) is 69.2 cm³/mol. The molecule has 0 aromatic heterocycles. The maximum atomic E-state index is 11.3. The molecule has 0 amide bonds. The van der Waals surface area contributed by atoms with E-state index in [2.05, 4.69) is 17.1 Å². The Hall–Kier alpha value is -1.07. The summed E-state index contributed by atoms with van der Waals surface area (Å²) in [6.07, 6.45) is 1.23. The molecule has 1 aliphatic rings. The van der Waals surface area contributed by atoms with Crippen molar-refractivity contribution in [1.29, 1.82) is 0 Å². The first kappa shape index (κ1) is 12.4. The molecule has 1 aromatic rings. The van der Waals surface area contributed by atoms with Crippen molar-refractivity contribution in [3.63, 3.8) is 0 Å². The van der Waals surface area contributed by atoms with E-state index in [-0.39, 0.29) is 0 Å². The summed E-state index contributed by atoms with van der Waals surface area (Å²) in [7, 11) is -3.09. The van der Waals surface area contributed by atoms with Crippen LogP contribution in [0.15, 0.2) is 29.2 Å². The standard InChI is InChI=1S/C12H18N2O2S/c1-10-9-14(8-7-13-10)11-3-5-12(6-4-11)17(2,15)16/h3-6,10,13H,7-9H2,1-2H3. The fraction of sp³-hybridized carbons (Fsp3) is 0.500. The van der Waals surface area contributed by atoms with Crippen LogP contribution >= 0.6 is 0 Å². The van der Waals surface area contributed by atoms with Crippen LogP contribution < -0.4 is 10.2 Å². The topological polar surface area (TPSA) is 49.4 Å². The van der Waals surface area contributed by atoms with Crippen LogP contribution in [0.25, 0.3) is 0 Å². The molecule has 1 aromatic carbocycles. The number of hydrogen-bond acceptors (Lipinski definition) is 4. The predicted octanol–water partition coefficient (Wildman–Crippen LogP) is 0.888. The smallest absolute Gasteiger partial charge is 0.175 e. The summed E-state index contributed by atoms with van der Waals surface area (Å²) in [6, 6.07) is 7.59. The van der Waals surface area contributed by atoms with Gasteiger partial charge >= 0.3 is 0 Å². The van der Waals surface area contributed by atoms with Crippen molar-refractivity contribution in [2.45, 2.75) is 17.9 Å². The fourth-order valence-corrected chi connectivity index (χ4v) is 2.70. The Morgan fingerprint density at radius 2 is 1.94 bits per heavy atom. The van der Waals surface area contributed by atoms with E-state index in [0.29, 0.717) is 10.9 Å². The molecule has 0 bridgehead atoms. The van der Waals surface area contributed by atoms with E-state index < -0.39 is 9.84 Å². The summed E-state index contributed by atoms with van der Waals surface area (Å²) >= 11 is 0. The minimum absolute atomic E-state index is 0.379. The molecule has 94 valence electrons. The Morgan fingerprint density at radius 1 is 1.29 bits per heavy atom. The van der Waals surface area contributed by atoms with E-state index in [4.69, 9.17) is 0 Å². The van der Waals surface area contributed by atoms with Gasteiger partial charge in [0.25, 0.3) is 0 Å². The van der Waals surface area contributed by atoms with Crippen molar-refractivity contribution in [3.8, 4) is 0 Å². The lowest BCUT2D eigenvalue weighted by atomic mass is 10.2. The molecule has 17 heavy (non-hydrogen) atoms. The lowest BCUT2D eigenvalue weighted by Crippen LogP contribution is -2.49. The Bertz CT molecular complexity index is 482. The Kier molecular flexibility index (Phi) is 3.40. The molecule has 0 saturated carbocycles. The number of nitrogens with zero attached hydrogens (tertiary/aromatic N) is 1. The van der Waals surface area contributed by atoms with Crippen molar-refractivity contribution in [2.75, 3.05) is 30.8 Å². The van der Waals surface area contributed by atoms with Crippen molar-refractivity contribution < 1.29 is 8.42 Å². The molecule has 1 heterocycles. The molecule has 0 spiro atoms. The van der Waals surface area contributed by atoms with Gasteiger partial charge in [-0.3, -0.25) is 0 Å². The van der Waals surface area contributed by atoms with E-state index >= 15 is 0 Å². The number of rotatable bonds is 2. The third kappa shape index (κ3) is 2.98. The summed E-state index contributed by atoms with van der Waals surface area (Å²) in [6.45, 7) is 5.03. The number of piperazine rings is 1. The van der Waals surface area contributed by atoms with Gasteiger partial charge in [-0.25, -0.2) is 8.42 Å². The third-order valence-corrected chi connectivity index (χ3v) is 4.13. The van der Waals surface area contributed by atoms with Gasteiger partial charge in [0.2, 0.25) is 0 Å². The number of benzene rings is 1. The highest BCUT2D eigenvalue weighted by Gasteiger charge is 2.16. The van der Waals surface area contributed by atoms with Crippen molar-refractivity contribution >= 4 is 15.5 Å². The average molecular weight is 254 g/mol. The number of nitrogens with one attached hydrogen (secondary N) is 1. The normalized spacial score (nSPS) is 21.5. The summed E-state index contributed by atoms with van der Waals surface area (Å²) in [4.78, 5) is 2.65. The molecule has 5 heteroatoms. The van der Waals surface area contributed by atoms with Crippen LogP contribution in [0.3, 0.4) is 0 Å². The van der Waals surface area contributed by atoms with Gasteiger partial charge in [-0.05, 0) is 31.2 Å². The van der Waals surface area contributed by atoms with Crippen LogP contribution in [0.5, 0.6) is 0 Å². The quantitative estimate of drug-likeness (QED) is 0.851. The van der Waals surface area contributed by atoms with Crippen LogP contribution in [0.1, 0.15) is 6.92 Å². The molecule has 1 aliphatic heterocycles. The lowest BCUT2D eigenvalue weighted by Gasteiger charge is -2.33. The second kappa shape index (κ2) is 4.66. The van der Waals surface area contributed by atoms with Gasteiger partial charge in [-0.15, -0.1) is 0 Å². The molecule has 1 saturated heterocycles. The first-order chi connectivity index (χ1) is 7.97. The van der Waals surface area contributed by atoms with E-state index in [9.17, 15) is 8.42 Å². The first-order valence-corrected chi connectivity index (χ1v) is 7.64. The highest BCUT2D eigenvalue weighted by Crippen LogP contribution is 2.19. The number of anilines is 1. The zero-order valence-electron chi connectivity index (χ0n) is 10.2. The highest BCUT2D eigenvalue weighted by molar-refractivity contribution is 7.90. The van der Waals surface area contributed by atoms with Crippen molar-refractivity contribution in [2.24, 2.45) is 0 Å². The van der Waals surface area contributed by atoms with E-state index in [1.807, 2.05) is 12.1 Å².